The second-order valence-electron chi connectivity index (χ2n) is 4.89. The minimum absolute atomic E-state index is 0.171. The highest BCUT2D eigenvalue weighted by Gasteiger charge is 2.30. The third kappa shape index (κ3) is 2.82. The molecule has 1 saturated heterocycles. The molecule has 4 nitrogen and oxygen atoms in total. The molecule has 0 amide bonds. The molecule has 2 rings (SSSR count). The Morgan fingerprint density at radius 3 is 3.06 bits per heavy atom. The number of likely N-dealkylation sites (tertiary alicyclic amines) is 1. The lowest BCUT2D eigenvalue weighted by molar-refractivity contribution is 0.125. The third-order valence-corrected chi connectivity index (χ3v) is 3.55. The molecule has 2 unspecified atom stereocenters. The molecule has 0 aliphatic carbocycles. The Morgan fingerprint density at radius 1 is 1.50 bits per heavy atom. The predicted octanol–water partition coefficient (Wildman–Crippen LogP) is 1.96. The van der Waals surface area contributed by atoms with E-state index in [9.17, 15) is 0 Å². The summed E-state index contributed by atoms with van der Waals surface area (Å²) in [4.78, 5) is 7.01. The Kier molecular flexibility index (Phi) is 4.55. The lowest BCUT2D eigenvalue weighted by Crippen LogP contribution is -2.46. The zero-order valence-electron chi connectivity index (χ0n) is 11.3. The van der Waals surface area contributed by atoms with Gasteiger partial charge in [-0.25, -0.2) is 4.98 Å². The van der Waals surface area contributed by atoms with E-state index in [1.807, 2.05) is 12.1 Å². The maximum Gasteiger partial charge on any atom is 0.213 e. The van der Waals surface area contributed by atoms with Crippen LogP contribution in [0.25, 0.3) is 0 Å². The summed E-state index contributed by atoms with van der Waals surface area (Å²) in [5.74, 6) is 0.668. The van der Waals surface area contributed by atoms with Gasteiger partial charge in [0.25, 0.3) is 0 Å². The van der Waals surface area contributed by atoms with Crippen LogP contribution in [0.4, 0.5) is 0 Å². The largest absolute Gasteiger partial charge is 0.481 e. The summed E-state index contributed by atoms with van der Waals surface area (Å²) in [5, 5.41) is 0. The van der Waals surface area contributed by atoms with Crippen molar-refractivity contribution in [3.05, 3.63) is 23.9 Å². The fourth-order valence-corrected chi connectivity index (χ4v) is 2.75. The number of ether oxygens (including phenoxy) is 1. The van der Waals surface area contributed by atoms with Gasteiger partial charge < -0.3 is 10.5 Å². The zero-order valence-corrected chi connectivity index (χ0v) is 11.3. The summed E-state index contributed by atoms with van der Waals surface area (Å²) in [7, 11) is 1.65. The van der Waals surface area contributed by atoms with E-state index in [0.717, 1.165) is 31.6 Å². The quantitative estimate of drug-likeness (QED) is 0.886. The van der Waals surface area contributed by atoms with E-state index in [1.165, 1.54) is 6.42 Å². The van der Waals surface area contributed by atoms with Gasteiger partial charge in [-0.05, 0) is 38.4 Å². The number of methoxy groups -OCH3 is 1. The third-order valence-electron chi connectivity index (χ3n) is 3.55. The van der Waals surface area contributed by atoms with Gasteiger partial charge in [-0.3, -0.25) is 4.90 Å². The van der Waals surface area contributed by atoms with Crippen LogP contribution in [0.3, 0.4) is 0 Å². The number of pyridine rings is 1. The van der Waals surface area contributed by atoms with Crippen molar-refractivity contribution in [1.29, 1.82) is 0 Å². The fourth-order valence-electron chi connectivity index (χ4n) is 2.75. The van der Waals surface area contributed by atoms with Crippen LogP contribution in [0.15, 0.2) is 18.2 Å². The van der Waals surface area contributed by atoms with Crippen molar-refractivity contribution >= 4 is 0 Å². The number of hydrogen-bond donors (Lipinski definition) is 1. The highest BCUT2D eigenvalue weighted by molar-refractivity contribution is 5.20. The molecular formula is C14H23N3O. The molecule has 2 N–H and O–H groups in total. The molecule has 1 aliphatic rings. The van der Waals surface area contributed by atoms with E-state index in [0.29, 0.717) is 5.88 Å². The van der Waals surface area contributed by atoms with Crippen LogP contribution >= 0.6 is 0 Å². The number of piperidine rings is 1. The van der Waals surface area contributed by atoms with Crippen LogP contribution in [0.1, 0.15) is 37.9 Å². The summed E-state index contributed by atoms with van der Waals surface area (Å²) in [6.45, 7) is 4.40. The van der Waals surface area contributed by atoms with Gasteiger partial charge in [0.15, 0.2) is 0 Å². The van der Waals surface area contributed by atoms with Gasteiger partial charge in [-0.2, -0.15) is 0 Å². The smallest absolute Gasteiger partial charge is 0.213 e. The first-order chi connectivity index (χ1) is 8.76. The molecule has 1 aromatic heterocycles. The van der Waals surface area contributed by atoms with Crippen molar-refractivity contribution in [2.24, 2.45) is 5.73 Å². The van der Waals surface area contributed by atoms with Crippen molar-refractivity contribution in [2.45, 2.75) is 38.3 Å². The Bertz CT molecular complexity index is 381. The lowest BCUT2D eigenvalue weighted by atomic mass is 9.94. The van der Waals surface area contributed by atoms with Crippen LogP contribution in [-0.2, 0) is 0 Å². The van der Waals surface area contributed by atoms with Crippen LogP contribution in [-0.4, -0.2) is 36.1 Å². The van der Waals surface area contributed by atoms with Gasteiger partial charge in [0, 0.05) is 12.1 Å². The highest BCUT2D eigenvalue weighted by Crippen LogP contribution is 2.29. The van der Waals surface area contributed by atoms with Crippen molar-refractivity contribution < 1.29 is 4.74 Å². The molecule has 0 spiro atoms. The Labute approximate surface area is 109 Å². The monoisotopic (exact) mass is 249 g/mol. The number of aromatic nitrogens is 1. The maximum absolute atomic E-state index is 6.30. The summed E-state index contributed by atoms with van der Waals surface area (Å²) in [6, 6.07) is 6.33. The minimum Gasteiger partial charge on any atom is -0.481 e. The lowest BCUT2D eigenvalue weighted by Gasteiger charge is -2.39. The van der Waals surface area contributed by atoms with Gasteiger partial charge >= 0.3 is 0 Å². The first-order valence-electron chi connectivity index (χ1n) is 6.76. The van der Waals surface area contributed by atoms with E-state index in [-0.39, 0.29) is 12.1 Å². The highest BCUT2D eigenvalue weighted by atomic mass is 16.5. The molecule has 4 heteroatoms. The van der Waals surface area contributed by atoms with Crippen molar-refractivity contribution in [1.82, 2.24) is 9.88 Å². The second kappa shape index (κ2) is 6.16. The van der Waals surface area contributed by atoms with E-state index >= 15 is 0 Å². The SMILES string of the molecule is CCCN1CCCC(N)C1c1cccc(OC)n1. The minimum atomic E-state index is 0.171. The number of hydrogen-bond acceptors (Lipinski definition) is 4. The van der Waals surface area contributed by atoms with E-state index in [4.69, 9.17) is 10.5 Å². The average molecular weight is 249 g/mol. The molecule has 2 atom stereocenters. The normalized spacial score (nSPS) is 25.1. The topological polar surface area (TPSA) is 51.4 Å². The standard InChI is InChI=1S/C14H23N3O/c1-3-9-17-10-5-6-11(15)14(17)12-7-4-8-13(16-12)18-2/h4,7-8,11,14H,3,5-6,9-10,15H2,1-2H3. The molecule has 0 bridgehead atoms. The first-order valence-corrected chi connectivity index (χ1v) is 6.76. The number of rotatable bonds is 4. The molecule has 18 heavy (non-hydrogen) atoms. The van der Waals surface area contributed by atoms with E-state index in [2.05, 4.69) is 22.9 Å². The second-order valence-corrected chi connectivity index (χ2v) is 4.89. The van der Waals surface area contributed by atoms with E-state index in [1.54, 1.807) is 7.11 Å². The van der Waals surface area contributed by atoms with Crippen molar-refractivity contribution in [3.8, 4) is 5.88 Å². The molecule has 100 valence electrons. The summed E-state index contributed by atoms with van der Waals surface area (Å²) in [5.41, 5.74) is 7.34. The molecule has 1 fully saturated rings. The van der Waals surface area contributed by atoms with Crippen LogP contribution < -0.4 is 10.5 Å². The summed E-state index contributed by atoms with van der Waals surface area (Å²) in [6.07, 6.45) is 3.40. The number of nitrogens with zero attached hydrogens (tertiary/aromatic N) is 2. The zero-order chi connectivity index (χ0) is 13.0. The molecule has 1 aromatic rings. The first kappa shape index (κ1) is 13.3. The van der Waals surface area contributed by atoms with E-state index < -0.39 is 0 Å². The average Bonchev–Trinajstić information content (AvgIpc) is 2.39. The Balaban J connectivity index is 2.24. The van der Waals surface area contributed by atoms with Crippen molar-refractivity contribution in [3.63, 3.8) is 0 Å². The summed E-state index contributed by atoms with van der Waals surface area (Å²) < 4.78 is 5.21. The fraction of sp³-hybridized carbons (Fsp3) is 0.643. The molecule has 0 radical (unpaired) electrons. The van der Waals surface area contributed by atoms with Gasteiger partial charge in [-0.1, -0.05) is 13.0 Å². The molecular weight excluding hydrogens is 226 g/mol. The van der Waals surface area contributed by atoms with Gasteiger partial charge in [0.1, 0.15) is 0 Å². The Morgan fingerprint density at radius 2 is 2.33 bits per heavy atom. The van der Waals surface area contributed by atoms with Gasteiger partial charge in [0.2, 0.25) is 5.88 Å². The van der Waals surface area contributed by atoms with Crippen LogP contribution in [0, 0.1) is 0 Å². The predicted molar refractivity (Wildman–Crippen MR) is 72.6 cm³/mol. The maximum atomic E-state index is 6.30. The van der Waals surface area contributed by atoms with Crippen LogP contribution in [0.5, 0.6) is 5.88 Å². The molecule has 2 heterocycles. The molecule has 0 saturated carbocycles. The van der Waals surface area contributed by atoms with Crippen LogP contribution in [0.2, 0.25) is 0 Å². The summed E-state index contributed by atoms with van der Waals surface area (Å²) >= 11 is 0. The molecule has 1 aliphatic heterocycles. The van der Waals surface area contributed by atoms with Gasteiger partial charge in [0.05, 0.1) is 18.8 Å². The number of nitrogens with two attached hydrogens (primary N) is 1. The Hall–Kier alpha value is -1.13. The van der Waals surface area contributed by atoms with Gasteiger partial charge in [-0.15, -0.1) is 0 Å². The van der Waals surface area contributed by atoms with Crippen molar-refractivity contribution in [2.75, 3.05) is 20.2 Å². The molecule has 0 aromatic carbocycles.